The molecule has 0 saturated carbocycles. The zero-order valence-electron chi connectivity index (χ0n) is 28.2. The third-order valence-corrected chi connectivity index (χ3v) is 8.19. The first-order valence-electron chi connectivity index (χ1n) is 16.1. The molecule has 0 radical (unpaired) electrons. The van der Waals surface area contributed by atoms with E-state index in [9.17, 15) is 20.4 Å². The zero-order valence-corrected chi connectivity index (χ0v) is 28.2. The van der Waals surface area contributed by atoms with Crippen LogP contribution in [0.4, 0.5) is 0 Å². The minimum absolute atomic E-state index is 0.00679. The van der Waals surface area contributed by atoms with Crippen LogP contribution >= 0.6 is 0 Å². The minimum Gasteiger partial charge on any atom is -0.504 e. The van der Waals surface area contributed by atoms with Crippen molar-refractivity contribution in [3.05, 3.63) is 83.9 Å². The summed E-state index contributed by atoms with van der Waals surface area (Å²) in [6, 6.07) is 21.2. The Morgan fingerprint density at radius 2 is 0.583 bits per heavy atom. The highest BCUT2D eigenvalue weighted by Crippen LogP contribution is 2.51. The van der Waals surface area contributed by atoms with E-state index in [4.69, 9.17) is 18.9 Å². The fourth-order valence-electron chi connectivity index (χ4n) is 6.25. The molecule has 5 aromatic carbocycles. The maximum Gasteiger partial charge on any atom is 0.160 e. The number of benzene rings is 5. The highest BCUT2D eigenvalue weighted by molar-refractivity contribution is 6.01. The van der Waals surface area contributed by atoms with Crippen LogP contribution in [0.5, 0.6) is 46.0 Å². The fourth-order valence-corrected chi connectivity index (χ4v) is 6.25. The molecule has 5 rings (SSSR count). The molecule has 0 aliphatic rings. The maximum atomic E-state index is 11.0. The van der Waals surface area contributed by atoms with E-state index in [0.717, 1.165) is 55.6 Å². The molecule has 0 heterocycles. The predicted molar refractivity (Wildman–Crippen MR) is 189 cm³/mol. The second kappa shape index (κ2) is 14.5. The summed E-state index contributed by atoms with van der Waals surface area (Å²) in [5, 5.41) is 44.1. The number of aromatic hydroxyl groups is 4. The van der Waals surface area contributed by atoms with Gasteiger partial charge in [-0.05, 0) is 146 Å². The number of hydrogen-bond acceptors (Lipinski definition) is 8. The molecule has 0 atom stereocenters. The second-order valence-corrected chi connectivity index (χ2v) is 11.2. The molecule has 5 aromatic rings. The van der Waals surface area contributed by atoms with Crippen LogP contribution in [-0.2, 0) is 0 Å². The van der Waals surface area contributed by atoms with Crippen molar-refractivity contribution in [1.29, 1.82) is 0 Å². The highest BCUT2D eigenvalue weighted by Gasteiger charge is 2.26. The van der Waals surface area contributed by atoms with Crippen molar-refractivity contribution in [2.75, 3.05) is 26.4 Å². The lowest BCUT2D eigenvalue weighted by Crippen LogP contribution is -2.02. The summed E-state index contributed by atoms with van der Waals surface area (Å²) in [5.74, 6) is 1.45. The second-order valence-electron chi connectivity index (χ2n) is 11.2. The Balaban J connectivity index is 1.92. The quantitative estimate of drug-likeness (QED) is 0.106. The molecule has 0 aliphatic carbocycles. The molecule has 0 aliphatic heterocycles. The van der Waals surface area contributed by atoms with E-state index in [1.165, 1.54) is 0 Å². The van der Waals surface area contributed by atoms with Crippen LogP contribution in [0.3, 0.4) is 0 Å². The van der Waals surface area contributed by atoms with Crippen molar-refractivity contribution in [3.8, 4) is 90.5 Å². The molecule has 8 heteroatoms. The molecule has 0 saturated heterocycles. The van der Waals surface area contributed by atoms with Gasteiger partial charge in [-0.15, -0.1) is 0 Å². The first kappa shape index (κ1) is 33.9. The van der Waals surface area contributed by atoms with Crippen molar-refractivity contribution < 1.29 is 39.4 Å². The van der Waals surface area contributed by atoms with Crippen molar-refractivity contribution in [3.63, 3.8) is 0 Å². The number of hydrogen-bond donors (Lipinski definition) is 4. The van der Waals surface area contributed by atoms with E-state index in [2.05, 4.69) is 0 Å². The topological polar surface area (TPSA) is 118 Å². The molecule has 0 unspecified atom stereocenters. The molecule has 0 amide bonds. The third kappa shape index (κ3) is 6.51. The van der Waals surface area contributed by atoms with Gasteiger partial charge in [-0.1, -0.05) is 24.3 Å². The van der Waals surface area contributed by atoms with Crippen LogP contribution in [0.1, 0.15) is 38.8 Å². The summed E-state index contributed by atoms with van der Waals surface area (Å²) in [7, 11) is 0. The smallest absolute Gasteiger partial charge is 0.160 e. The van der Waals surface area contributed by atoms with Gasteiger partial charge in [-0.3, -0.25) is 0 Å². The summed E-state index contributed by atoms with van der Waals surface area (Å²) in [5.41, 5.74) is 7.76. The van der Waals surface area contributed by atoms with Crippen molar-refractivity contribution in [1.82, 2.24) is 0 Å². The van der Waals surface area contributed by atoms with Crippen LogP contribution in [0.2, 0.25) is 0 Å². The molecule has 4 N–H and O–H groups in total. The average molecular weight is 651 g/mol. The Bertz CT molecular complexity index is 1670. The predicted octanol–water partition coefficient (Wildman–Crippen LogP) is 9.39. The molecule has 8 nitrogen and oxygen atoms in total. The molecule has 48 heavy (non-hydrogen) atoms. The molecular weight excluding hydrogens is 608 g/mol. The first-order valence-corrected chi connectivity index (χ1v) is 16.1. The summed E-state index contributed by atoms with van der Waals surface area (Å²) < 4.78 is 22.5. The lowest BCUT2D eigenvalue weighted by molar-refractivity contribution is 0.318. The van der Waals surface area contributed by atoms with E-state index < -0.39 is 0 Å². The van der Waals surface area contributed by atoms with E-state index in [1.807, 2.05) is 65.8 Å². The Morgan fingerprint density at radius 1 is 0.375 bits per heavy atom. The SMILES string of the molecule is CCOc1ccc(-c2c(C)c(-c3ccc(OCC)c(O)c3)c(-c3ccc(OCC)c(O)c3)c(C)c2-c2ccc(OCC)c(O)c2)cc1O. The molecule has 250 valence electrons. The van der Waals surface area contributed by atoms with Crippen LogP contribution in [0.25, 0.3) is 44.5 Å². The van der Waals surface area contributed by atoms with E-state index in [-0.39, 0.29) is 23.0 Å². The third-order valence-electron chi connectivity index (χ3n) is 8.19. The first-order chi connectivity index (χ1) is 23.1. The highest BCUT2D eigenvalue weighted by atomic mass is 16.5. The van der Waals surface area contributed by atoms with Crippen LogP contribution in [0, 0.1) is 13.8 Å². The van der Waals surface area contributed by atoms with E-state index >= 15 is 0 Å². The molecular formula is C40H42O8. The van der Waals surface area contributed by atoms with E-state index in [1.54, 1.807) is 48.5 Å². The van der Waals surface area contributed by atoms with Crippen LogP contribution in [0.15, 0.2) is 72.8 Å². The summed E-state index contributed by atoms with van der Waals surface area (Å²) in [6.07, 6.45) is 0. The van der Waals surface area contributed by atoms with Gasteiger partial charge in [-0.2, -0.15) is 0 Å². The van der Waals surface area contributed by atoms with Crippen molar-refractivity contribution in [2.45, 2.75) is 41.5 Å². The number of ether oxygens (including phenoxy) is 4. The Morgan fingerprint density at radius 3 is 0.750 bits per heavy atom. The van der Waals surface area contributed by atoms with Crippen LogP contribution < -0.4 is 18.9 Å². The van der Waals surface area contributed by atoms with Gasteiger partial charge < -0.3 is 39.4 Å². The number of rotatable bonds is 12. The largest absolute Gasteiger partial charge is 0.504 e. The molecule has 0 spiro atoms. The van der Waals surface area contributed by atoms with Gasteiger partial charge in [0.2, 0.25) is 0 Å². The number of phenolic OH excluding ortho intramolecular Hbond substituents is 4. The van der Waals surface area contributed by atoms with Gasteiger partial charge in [0.05, 0.1) is 26.4 Å². The Hall–Kier alpha value is -5.50. The molecule has 0 aromatic heterocycles. The number of phenols is 4. The van der Waals surface area contributed by atoms with Gasteiger partial charge >= 0.3 is 0 Å². The standard InChI is InChI=1S/C40H42O8/c1-7-45-33-15-11-25(19-29(33)41)37-23(5)39(27-13-17-35(47-9-3)31(43)21-27)40(28-14-18-36(48-10-4)32(44)22-28)24(6)38(37)26-12-16-34(46-8-2)30(42)20-26/h11-22,41-44H,7-10H2,1-6H3. The zero-order chi connectivity index (χ0) is 34.5. The Kier molecular flexibility index (Phi) is 10.2. The van der Waals surface area contributed by atoms with Crippen molar-refractivity contribution >= 4 is 0 Å². The van der Waals surface area contributed by atoms with E-state index in [0.29, 0.717) is 49.4 Å². The fraction of sp³-hybridized carbons (Fsp3) is 0.250. The summed E-state index contributed by atoms with van der Waals surface area (Å²) in [6.45, 7) is 13.0. The lowest BCUT2D eigenvalue weighted by atomic mass is 9.78. The summed E-state index contributed by atoms with van der Waals surface area (Å²) in [4.78, 5) is 0. The van der Waals surface area contributed by atoms with Gasteiger partial charge in [0.15, 0.2) is 46.0 Å². The lowest BCUT2D eigenvalue weighted by Gasteiger charge is -2.26. The van der Waals surface area contributed by atoms with Gasteiger partial charge in [0.1, 0.15) is 0 Å². The normalized spacial score (nSPS) is 11.0. The minimum atomic E-state index is -0.00679. The molecule has 0 fully saturated rings. The Labute approximate surface area is 281 Å². The van der Waals surface area contributed by atoms with Crippen LogP contribution in [-0.4, -0.2) is 46.9 Å². The van der Waals surface area contributed by atoms with Gasteiger partial charge in [0, 0.05) is 0 Å². The summed E-state index contributed by atoms with van der Waals surface area (Å²) >= 11 is 0. The van der Waals surface area contributed by atoms with Gasteiger partial charge in [0.25, 0.3) is 0 Å². The average Bonchev–Trinajstić information content (AvgIpc) is 3.06. The maximum absolute atomic E-state index is 11.0. The van der Waals surface area contributed by atoms with Crippen molar-refractivity contribution in [2.24, 2.45) is 0 Å². The monoisotopic (exact) mass is 650 g/mol. The molecule has 0 bridgehead atoms. The van der Waals surface area contributed by atoms with Gasteiger partial charge in [-0.25, -0.2) is 0 Å².